The summed E-state index contributed by atoms with van der Waals surface area (Å²) in [5, 5.41) is 3.02. The third kappa shape index (κ3) is 5.84. The van der Waals surface area contributed by atoms with Crippen molar-refractivity contribution in [2.75, 3.05) is 19.6 Å². The highest BCUT2D eigenvalue weighted by Crippen LogP contribution is 2.18. The molecule has 4 nitrogen and oxygen atoms in total. The normalized spacial score (nSPS) is 15.6. The number of carbonyl (C=O) groups is 2. The zero-order valence-corrected chi connectivity index (χ0v) is 14.5. The highest BCUT2D eigenvalue weighted by Gasteiger charge is 2.26. The molecule has 1 aromatic carbocycles. The molecule has 0 spiro atoms. The molecular weight excluding hydrogens is 300 g/mol. The molecule has 0 aliphatic carbocycles. The van der Waals surface area contributed by atoms with Gasteiger partial charge in [0.05, 0.1) is 0 Å². The van der Waals surface area contributed by atoms with Crippen LogP contribution in [0.2, 0.25) is 0 Å². The fourth-order valence-corrected chi connectivity index (χ4v) is 2.93. The molecule has 0 saturated carbocycles. The van der Waals surface area contributed by atoms with Gasteiger partial charge in [-0.2, -0.15) is 0 Å². The summed E-state index contributed by atoms with van der Waals surface area (Å²) >= 11 is 0. The van der Waals surface area contributed by atoms with Crippen LogP contribution >= 0.6 is 0 Å². The first-order valence-corrected chi connectivity index (χ1v) is 9.00. The number of amides is 2. The Bertz CT molecular complexity index is 546. The van der Waals surface area contributed by atoms with E-state index >= 15 is 0 Å². The molecule has 24 heavy (non-hydrogen) atoms. The molecule has 1 aliphatic heterocycles. The predicted molar refractivity (Wildman–Crippen MR) is 97.3 cm³/mol. The fourth-order valence-electron chi connectivity index (χ4n) is 2.93. The third-order valence-corrected chi connectivity index (χ3v) is 4.47. The average Bonchev–Trinajstić information content (AvgIpc) is 2.64. The van der Waals surface area contributed by atoms with Crippen LogP contribution in [-0.4, -0.2) is 36.3 Å². The maximum atomic E-state index is 12.2. The van der Waals surface area contributed by atoms with Crippen LogP contribution in [0.1, 0.15) is 44.6 Å². The number of piperidine rings is 1. The number of hydrogen-bond acceptors (Lipinski definition) is 2. The molecule has 0 unspecified atom stereocenters. The molecule has 130 valence electrons. The van der Waals surface area contributed by atoms with Crippen LogP contribution in [0.4, 0.5) is 0 Å². The van der Waals surface area contributed by atoms with E-state index in [1.165, 1.54) is 0 Å². The van der Waals surface area contributed by atoms with E-state index in [1.54, 1.807) is 6.08 Å². The molecule has 0 atom stereocenters. The van der Waals surface area contributed by atoms with Crippen molar-refractivity contribution in [2.24, 2.45) is 5.92 Å². The summed E-state index contributed by atoms with van der Waals surface area (Å²) in [7, 11) is 0. The van der Waals surface area contributed by atoms with Crippen LogP contribution in [0.5, 0.6) is 0 Å². The Morgan fingerprint density at radius 3 is 2.54 bits per heavy atom. The Labute approximate surface area is 144 Å². The summed E-state index contributed by atoms with van der Waals surface area (Å²) in [6.07, 6.45) is 8.34. The van der Waals surface area contributed by atoms with Crippen molar-refractivity contribution >= 4 is 17.9 Å². The van der Waals surface area contributed by atoms with Crippen molar-refractivity contribution in [1.82, 2.24) is 10.2 Å². The van der Waals surface area contributed by atoms with E-state index in [-0.39, 0.29) is 17.7 Å². The van der Waals surface area contributed by atoms with Crippen molar-refractivity contribution in [3.05, 3.63) is 42.0 Å². The Morgan fingerprint density at radius 1 is 1.17 bits per heavy atom. The van der Waals surface area contributed by atoms with Gasteiger partial charge in [-0.15, -0.1) is 0 Å². The van der Waals surface area contributed by atoms with Gasteiger partial charge in [0.2, 0.25) is 11.8 Å². The Balaban J connectivity index is 1.72. The third-order valence-electron chi connectivity index (χ3n) is 4.47. The standard InChI is InChI=1S/C20H28N2O2/c1-2-3-7-14-21-20(24)18-12-15-22(16-13-18)19(23)11-10-17-8-5-4-6-9-17/h4-6,8-11,18H,2-3,7,12-16H2,1H3,(H,21,24)/b11-10-. The minimum absolute atomic E-state index is 0.0284. The Hall–Kier alpha value is -2.10. The van der Waals surface area contributed by atoms with Crippen LogP contribution in [0.3, 0.4) is 0 Å². The summed E-state index contributed by atoms with van der Waals surface area (Å²) in [4.78, 5) is 26.2. The predicted octanol–water partition coefficient (Wildman–Crippen LogP) is 3.24. The second kappa shape index (κ2) is 9.91. The summed E-state index contributed by atoms with van der Waals surface area (Å²) < 4.78 is 0. The van der Waals surface area contributed by atoms with Gasteiger partial charge in [0.1, 0.15) is 0 Å². The molecule has 1 heterocycles. The number of carbonyl (C=O) groups excluding carboxylic acids is 2. The van der Waals surface area contributed by atoms with Crippen LogP contribution in [0.15, 0.2) is 36.4 Å². The number of benzene rings is 1. The number of likely N-dealkylation sites (tertiary alicyclic amines) is 1. The lowest BCUT2D eigenvalue weighted by molar-refractivity contribution is -0.132. The second-order valence-corrected chi connectivity index (χ2v) is 6.34. The summed E-state index contributed by atoms with van der Waals surface area (Å²) in [5.41, 5.74) is 1.02. The first-order valence-electron chi connectivity index (χ1n) is 9.00. The van der Waals surface area contributed by atoms with Gasteiger partial charge < -0.3 is 10.2 Å². The quantitative estimate of drug-likeness (QED) is 0.617. The van der Waals surface area contributed by atoms with E-state index < -0.39 is 0 Å². The van der Waals surface area contributed by atoms with Crippen molar-refractivity contribution in [3.8, 4) is 0 Å². The molecular formula is C20H28N2O2. The molecule has 2 amide bonds. The van der Waals surface area contributed by atoms with Gasteiger partial charge in [0.15, 0.2) is 0 Å². The van der Waals surface area contributed by atoms with Gasteiger partial charge in [0.25, 0.3) is 0 Å². The van der Waals surface area contributed by atoms with Gasteiger partial charge in [-0.05, 0) is 30.9 Å². The first kappa shape index (κ1) is 18.2. The van der Waals surface area contributed by atoms with Crippen molar-refractivity contribution in [2.45, 2.75) is 39.0 Å². The number of unbranched alkanes of at least 4 members (excludes halogenated alkanes) is 2. The Morgan fingerprint density at radius 2 is 1.88 bits per heavy atom. The van der Waals surface area contributed by atoms with Crippen molar-refractivity contribution in [3.63, 3.8) is 0 Å². The number of nitrogens with zero attached hydrogens (tertiary/aromatic N) is 1. The maximum absolute atomic E-state index is 12.2. The van der Waals surface area contributed by atoms with Crippen molar-refractivity contribution < 1.29 is 9.59 Å². The summed E-state index contributed by atoms with van der Waals surface area (Å²) in [5.74, 6) is 0.229. The van der Waals surface area contributed by atoms with Crippen LogP contribution in [0, 0.1) is 5.92 Å². The summed E-state index contributed by atoms with van der Waals surface area (Å²) in [6.45, 7) is 4.24. The van der Waals surface area contributed by atoms with E-state index in [0.29, 0.717) is 13.1 Å². The van der Waals surface area contributed by atoms with Gasteiger partial charge in [-0.25, -0.2) is 0 Å². The minimum atomic E-state index is 0.0284. The average molecular weight is 328 g/mol. The monoisotopic (exact) mass is 328 g/mol. The highest BCUT2D eigenvalue weighted by atomic mass is 16.2. The molecule has 1 saturated heterocycles. The van der Waals surface area contributed by atoms with Gasteiger partial charge in [-0.3, -0.25) is 9.59 Å². The summed E-state index contributed by atoms with van der Waals surface area (Å²) in [6, 6.07) is 9.80. The van der Waals surface area contributed by atoms with E-state index in [1.807, 2.05) is 41.3 Å². The molecule has 1 fully saturated rings. The highest BCUT2D eigenvalue weighted by molar-refractivity contribution is 5.92. The number of hydrogen-bond donors (Lipinski definition) is 1. The first-order chi connectivity index (χ1) is 11.7. The molecule has 1 aliphatic rings. The Kier molecular flexibility index (Phi) is 7.53. The largest absolute Gasteiger partial charge is 0.356 e. The molecule has 1 aromatic rings. The molecule has 4 heteroatoms. The fraction of sp³-hybridized carbons (Fsp3) is 0.500. The molecule has 1 N–H and O–H groups in total. The lowest BCUT2D eigenvalue weighted by Gasteiger charge is -2.30. The van der Waals surface area contributed by atoms with Gasteiger partial charge in [-0.1, -0.05) is 50.1 Å². The lowest BCUT2D eigenvalue weighted by Crippen LogP contribution is -2.42. The topological polar surface area (TPSA) is 49.4 Å². The molecule has 0 radical (unpaired) electrons. The molecule has 0 bridgehead atoms. The SMILES string of the molecule is CCCCCNC(=O)C1CCN(C(=O)/C=C\c2ccccc2)CC1. The zero-order chi connectivity index (χ0) is 17.2. The van der Waals surface area contributed by atoms with E-state index in [9.17, 15) is 9.59 Å². The van der Waals surface area contributed by atoms with Crippen LogP contribution in [0.25, 0.3) is 6.08 Å². The smallest absolute Gasteiger partial charge is 0.246 e. The van der Waals surface area contributed by atoms with Gasteiger partial charge >= 0.3 is 0 Å². The number of rotatable bonds is 7. The van der Waals surface area contributed by atoms with E-state index in [2.05, 4.69) is 12.2 Å². The van der Waals surface area contributed by atoms with E-state index in [0.717, 1.165) is 44.2 Å². The molecule has 0 aromatic heterocycles. The van der Waals surface area contributed by atoms with Crippen LogP contribution in [-0.2, 0) is 9.59 Å². The van der Waals surface area contributed by atoms with Gasteiger partial charge in [0, 0.05) is 31.6 Å². The van der Waals surface area contributed by atoms with Crippen molar-refractivity contribution in [1.29, 1.82) is 0 Å². The number of nitrogens with one attached hydrogen (secondary N) is 1. The van der Waals surface area contributed by atoms with E-state index in [4.69, 9.17) is 0 Å². The zero-order valence-electron chi connectivity index (χ0n) is 14.5. The second-order valence-electron chi connectivity index (χ2n) is 6.34. The lowest BCUT2D eigenvalue weighted by atomic mass is 9.95. The van der Waals surface area contributed by atoms with Crippen LogP contribution < -0.4 is 5.32 Å². The molecule has 2 rings (SSSR count). The minimum Gasteiger partial charge on any atom is -0.356 e. The maximum Gasteiger partial charge on any atom is 0.246 e.